The second kappa shape index (κ2) is 3.95. The third kappa shape index (κ3) is 1.61. The highest BCUT2D eigenvalue weighted by Gasteiger charge is 2.56. The Morgan fingerprint density at radius 2 is 1.50 bits per heavy atom. The molecule has 1 fully saturated rings. The molecule has 1 saturated heterocycles. The third-order valence-electron chi connectivity index (χ3n) is 3.38. The van der Waals surface area contributed by atoms with E-state index in [4.69, 9.17) is 4.74 Å². The molecule has 1 aliphatic rings. The van der Waals surface area contributed by atoms with Gasteiger partial charge in [0.25, 0.3) is 0 Å². The lowest BCUT2D eigenvalue weighted by Gasteiger charge is -2.39. The molecule has 0 amide bonds. The Labute approximate surface area is 81.9 Å². The zero-order chi connectivity index (χ0) is 8.54. The minimum Gasteiger partial charge on any atom is -1.00 e. The van der Waals surface area contributed by atoms with E-state index in [2.05, 4.69) is 27.7 Å². The fourth-order valence-corrected chi connectivity index (χ4v) is 2.05. The quantitative estimate of drug-likeness (QED) is 0.396. The number of epoxide rings is 1. The monoisotopic (exact) mass is 193 g/mol. The molecule has 0 spiro atoms. The lowest BCUT2D eigenvalue weighted by molar-refractivity contribution is -0.965. The molecule has 0 N–H and O–H groups in total. The molecule has 74 valence electrons. The fourth-order valence-electron chi connectivity index (χ4n) is 2.05. The van der Waals surface area contributed by atoms with Gasteiger partial charge in [-0.05, 0) is 20.8 Å². The predicted octanol–water partition coefficient (Wildman–Crippen LogP) is -1.39. The van der Waals surface area contributed by atoms with Crippen molar-refractivity contribution in [3.8, 4) is 0 Å². The van der Waals surface area contributed by atoms with Crippen LogP contribution in [0.1, 0.15) is 27.7 Å². The van der Waals surface area contributed by atoms with Crippen LogP contribution in [0.15, 0.2) is 0 Å². The van der Waals surface area contributed by atoms with Gasteiger partial charge in [0.15, 0.2) is 0 Å². The molecule has 0 saturated carbocycles. The highest BCUT2D eigenvalue weighted by Crippen LogP contribution is 2.37. The zero-order valence-electron chi connectivity index (χ0n) is 8.56. The summed E-state index contributed by atoms with van der Waals surface area (Å²) in [7, 11) is 0. The number of nitrogens with zero attached hydrogens (tertiary/aromatic N) is 1. The van der Waals surface area contributed by atoms with Crippen LogP contribution in [-0.4, -0.2) is 36.4 Å². The number of ether oxygens (including phenoxy) is 1. The van der Waals surface area contributed by atoms with Crippen LogP contribution in [0, 0.1) is 0 Å². The zero-order valence-corrected chi connectivity index (χ0v) is 9.32. The number of hydrogen-bond acceptors (Lipinski definition) is 1. The van der Waals surface area contributed by atoms with Crippen molar-refractivity contribution in [3.05, 3.63) is 0 Å². The summed E-state index contributed by atoms with van der Waals surface area (Å²) < 4.78 is 6.62. The van der Waals surface area contributed by atoms with Crippen molar-refractivity contribution in [2.24, 2.45) is 0 Å². The Hall–Kier alpha value is 0.210. The van der Waals surface area contributed by atoms with Crippen LogP contribution in [0.2, 0.25) is 0 Å². The number of hydrogen-bond donors (Lipinski definition) is 0. The summed E-state index contributed by atoms with van der Waals surface area (Å²) in [6, 6.07) is 0. The maximum Gasteiger partial charge on any atom is 0.224 e. The molecule has 0 radical (unpaired) electrons. The van der Waals surface area contributed by atoms with Gasteiger partial charge in [0.2, 0.25) is 5.72 Å². The molecule has 2 nitrogen and oxygen atoms in total. The maximum absolute atomic E-state index is 5.51. The van der Waals surface area contributed by atoms with Crippen molar-refractivity contribution in [2.45, 2.75) is 33.4 Å². The van der Waals surface area contributed by atoms with Crippen molar-refractivity contribution in [2.75, 3.05) is 26.2 Å². The first-order valence-corrected chi connectivity index (χ1v) is 4.64. The molecule has 0 bridgehead atoms. The van der Waals surface area contributed by atoms with E-state index in [0.29, 0.717) is 0 Å². The van der Waals surface area contributed by atoms with Gasteiger partial charge in [0.05, 0.1) is 19.6 Å². The molecule has 3 heteroatoms. The highest BCUT2D eigenvalue weighted by molar-refractivity contribution is 4.77. The normalized spacial score (nSPS) is 28.0. The molecule has 0 aromatic carbocycles. The van der Waals surface area contributed by atoms with E-state index < -0.39 is 0 Å². The summed E-state index contributed by atoms with van der Waals surface area (Å²) in [5.41, 5.74) is 0.151. The molecule has 0 aromatic heterocycles. The average molecular weight is 194 g/mol. The second-order valence-electron chi connectivity index (χ2n) is 3.56. The van der Waals surface area contributed by atoms with Crippen LogP contribution in [0.4, 0.5) is 0 Å². The van der Waals surface area contributed by atoms with Gasteiger partial charge in [-0.25, -0.2) is 0 Å². The lowest BCUT2D eigenvalue weighted by Crippen LogP contribution is -3.00. The topological polar surface area (TPSA) is 12.5 Å². The SMILES string of the molecule is CC[N+](CC)(CC)C1(C)CO1.[Cl-]. The lowest BCUT2D eigenvalue weighted by atomic mass is 10.2. The summed E-state index contributed by atoms with van der Waals surface area (Å²) in [6.07, 6.45) is 0. The van der Waals surface area contributed by atoms with E-state index in [-0.39, 0.29) is 18.1 Å². The minimum atomic E-state index is 0. The summed E-state index contributed by atoms with van der Waals surface area (Å²) in [5, 5.41) is 0. The van der Waals surface area contributed by atoms with Crippen molar-refractivity contribution in [1.29, 1.82) is 0 Å². The fraction of sp³-hybridized carbons (Fsp3) is 1.00. The van der Waals surface area contributed by atoms with Crippen molar-refractivity contribution < 1.29 is 21.6 Å². The average Bonchev–Trinajstić information content (AvgIpc) is 2.74. The Morgan fingerprint density at radius 3 is 1.58 bits per heavy atom. The van der Waals surface area contributed by atoms with Gasteiger partial charge in [-0.1, -0.05) is 0 Å². The first-order chi connectivity index (χ1) is 5.14. The Kier molecular flexibility index (Phi) is 4.01. The van der Waals surface area contributed by atoms with Crippen molar-refractivity contribution in [3.63, 3.8) is 0 Å². The van der Waals surface area contributed by atoms with Crippen LogP contribution in [0.3, 0.4) is 0 Å². The largest absolute Gasteiger partial charge is 1.00 e. The van der Waals surface area contributed by atoms with E-state index in [1.54, 1.807) is 0 Å². The van der Waals surface area contributed by atoms with Crippen LogP contribution in [-0.2, 0) is 4.74 Å². The highest BCUT2D eigenvalue weighted by atomic mass is 35.5. The van der Waals surface area contributed by atoms with Gasteiger partial charge in [0.1, 0.15) is 6.61 Å². The first-order valence-electron chi connectivity index (χ1n) is 4.64. The number of halogens is 1. The molecular formula is C9H20ClNO. The number of likely N-dealkylation sites (N-methyl/N-ethyl adjacent to an activating group) is 1. The molecule has 1 atom stereocenters. The molecule has 1 heterocycles. The van der Waals surface area contributed by atoms with Gasteiger partial charge in [-0.15, -0.1) is 0 Å². The van der Waals surface area contributed by atoms with Gasteiger partial charge in [0, 0.05) is 6.92 Å². The van der Waals surface area contributed by atoms with Crippen LogP contribution in [0.25, 0.3) is 0 Å². The Morgan fingerprint density at radius 1 is 1.17 bits per heavy atom. The first kappa shape index (κ1) is 12.2. The smallest absolute Gasteiger partial charge is 0.224 e. The summed E-state index contributed by atoms with van der Waals surface area (Å²) in [4.78, 5) is 0. The van der Waals surface area contributed by atoms with Gasteiger partial charge in [-0.3, -0.25) is 4.48 Å². The number of rotatable bonds is 4. The van der Waals surface area contributed by atoms with E-state index in [1.165, 1.54) is 19.6 Å². The predicted molar refractivity (Wildman–Crippen MR) is 46.2 cm³/mol. The van der Waals surface area contributed by atoms with Gasteiger partial charge in [-0.2, -0.15) is 0 Å². The van der Waals surface area contributed by atoms with E-state index in [1.807, 2.05) is 0 Å². The van der Waals surface area contributed by atoms with Gasteiger partial charge >= 0.3 is 0 Å². The Balaban J connectivity index is 0.00000121. The van der Waals surface area contributed by atoms with Crippen molar-refractivity contribution in [1.82, 2.24) is 0 Å². The Bertz CT molecular complexity index is 133. The van der Waals surface area contributed by atoms with Crippen molar-refractivity contribution >= 4 is 0 Å². The minimum absolute atomic E-state index is 0. The molecule has 1 rings (SSSR count). The molecule has 1 unspecified atom stereocenters. The maximum atomic E-state index is 5.51. The van der Waals surface area contributed by atoms with E-state index in [9.17, 15) is 0 Å². The number of quaternary nitrogens is 1. The van der Waals surface area contributed by atoms with E-state index >= 15 is 0 Å². The molecule has 12 heavy (non-hydrogen) atoms. The van der Waals surface area contributed by atoms with Crippen LogP contribution >= 0.6 is 0 Å². The van der Waals surface area contributed by atoms with Gasteiger partial charge < -0.3 is 17.1 Å². The summed E-state index contributed by atoms with van der Waals surface area (Å²) >= 11 is 0. The second-order valence-corrected chi connectivity index (χ2v) is 3.56. The van der Waals surface area contributed by atoms with E-state index in [0.717, 1.165) is 11.1 Å². The summed E-state index contributed by atoms with van der Waals surface area (Å²) in [6.45, 7) is 13.5. The molecule has 1 aliphatic heterocycles. The molecule has 0 aliphatic carbocycles. The summed E-state index contributed by atoms with van der Waals surface area (Å²) in [5.74, 6) is 0. The molecule has 0 aromatic rings. The molecular weight excluding hydrogens is 174 g/mol. The van der Waals surface area contributed by atoms with Crippen LogP contribution < -0.4 is 12.4 Å². The third-order valence-corrected chi connectivity index (χ3v) is 3.38. The standard InChI is InChI=1S/C9H20NO.ClH/c1-5-10(6-2,7-3)9(4)8-11-9;/h5-8H2,1-4H3;1H/q+1;/p-1. The van der Waals surface area contributed by atoms with Crippen LogP contribution in [0.5, 0.6) is 0 Å².